The van der Waals surface area contributed by atoms with E-state index >= 15 is 0 Å². The first kappa shape index (κ1) is 15.5. The van der Waals surface area contributed by atoms with Crippen molar-refractivity contribution in [1.29, 1.82) is 0 Å². The highest BCUT2D eigenvalue weighted by Gasteiger charge is 2.37. The fraction of sp³-hybridized carbons (Fsp3) is 0.933. The molecule has 1 fully saturated rings. The van der Waals surface area contributed by atoms with Gasteiger partial charge in [0.25, 0.3) is 0 Å². The average Bonchev–Trinajstić information content (AvgIpc) is 2.70. The maximum absolute atomic E-state index is 12.1. The normalized spacial score (nSPS) is 28.4. The summed E-state index contributed by atoms with van der Waals surface area (Å²) in [6.07, 6.45) is 4.39. The molecule has 1 saturated carbocycles. The molecule has 18 heavy (non-hydrogen) atoms. The molecule has 0 bridgehead atoms. The van der Waals surface area contributed by atoms with Crippen molar-refractivity contribution in [3.63, 3.8) is 0 Å². The van der Waals surface area contributed by atoms with Crippen molar-refractivity contribution < 1.29 is 14.3 Å². The van der Waals surface area contributed by atoms with Crippen molar-refractivity contribution in [2.75, 3.05) is 6.79 Å². The van der Waals surface area contributed by atoms with Crippen LogP contribution in [0, 0.1) is 17.8 Å². The topological polar surface area (TPSA) is 35.5 Å². The molecule has 0 aromatic heterocycles. The van der Waals surface area contributed by atoms with Gasteiger partial charge >= 0.3 is 5.97 Å². The summed E-state index contributed by atoms with van der Waals surface area (Å²) in [6.45, 7) is 10.3. The summed E-state index contributed by atoms with van der Waals surface area (Å²) in [5.74, 6) is 1.21. The summed E-state index contributed by atoms with van der Waals surface area (Å²) < 4.78 is 10.7. The van der Waals surface area contributed by atoms with E-state index in [-0.39, 0.29) is 24.3 Å². The first-order valence-corrected chi connectivity index (χ1v) is 7.18. The van der Waals surface area contributed by atoms with E-state index in [4.69, 9.17) is 9.47 Å². The van der Waals surface area contributed by atoms with E-state index in [1.165, 1.54) is 12.8 Å². The minimum atomic E-state index is -0.258. The van der Waals surface area contributed by atoms with Gasteiger partial charge in [-0.05, 0) is 45.4 Å². The third-order valence-electron chi connectivity index (χ3n) is 3.89. The van der Waals surface area contributed by atoms with E-state index in [0.29, 0.717) is 11.8 Å². The molecule has 0 spiro atoms. The zero-order chi connectivity index (χ0) is 13.8. The molecule has 3 unspecified atom stereocenters. The Kier molecular flexibility index (Phi) is 5.64. The molecule has 3 heteroatoms. The third kappa shape index (κ3) is 4.60. The van der Waals surface area contributed by atoms with Gasteiger partial charge in [-0.15, -0.1) is 0 Å². The van der Waals surface area contributed by atoms with E-state index < -0.39 is 0 Å². The van der Waals surface area contributed by atoms with Gasteiger partial charge in [0.1, 0.15) is 0 Å². The van der Waals surface area contributed by atoms with Gasteiger partial charge in [-0.25, -0.2) is 0 Å². The van der Waals surface area contributed by atoms with Gasteiger partial charge in [0, 0.05) is 0 Å². The van der Waals surface area contributed by atoms with Crippen LogP contribution in [0.15, 0.2) is 0 Å². The van der Waals surface area contributed by atoms with E-state index in [2.05, 4.69) is 13.8 Å². The minimum Gasteiger partial charge on any atom is -0.438 e. The molecule has 1 rings (SSSR count). The van der Waals surface area contributed by atoms with Crippen LogP contribution in [0.2, 0.25) is 0 Å². The lowest BCUT2D eigenvalue weighted by atomic mass is 9.94. The van der Waals surface area contributed by atoms with Crippen molar-refractivity contribution in [2.45, 2.75) is 65.9 Å². The number of hydrogen-bond donors (Lipinski definition) is 0. The molecule has 0 aliphatic heterocycles. The molecule has 106 valence electrons. The summed E-state index contributed by atoms with van der Waals surface area (Å²) in [6, 6.07) is 0. The Hall–Kier alpha value is -0.570. The highest BCUT2D eigenvalue weighted by atomic mass is 16.7. The number of esters is 1. The second kappa shape index (κ2) is 6.55. The lowest BCUT2D eigenvalue weighted by Crippen LogP contribution is -2.26. The van der Waals surface area contributed by atoms with Gasteiger partial charge in [0.15, 0.2) is 6.79 Å². The molecular formula is C15H28O3. The number of ether oxygens (including phenoxy) is 2. The van der Waals surface area contributed by atoms with Crippen LogP contribution in [0.25, 0.3) is 0 Å². The Morgan fingerprint density at radius 2 is 1.83 bits per heavy atom. The summed E-state index contributed by atoms with van der Waals surface area (Å²) >= 11 is 0. The van der Waals surface area contributed by atoms with Crippen LogP contribution in [-0.4, -0.2) is 18.4 Å². The Morgan fingerprint density at radius 1 is 1.17 bits per heavy atom. The molecular weight excluding hydrogens is 228 g/mol. The van der Waals surface area contributed by atoms with Crippen molar-refractivity contribution >= 4 is 5.97 Å². The van der Waals surface area contributed by atoms with Crippen LogP contribution < -0.4 is 0 Å². The molecule has 1 aliphatic rings. The summed E-state index contributed by atoms with van der Waals surface area (Å²) in [5, 5.41) is 0. The molecule has 0 saturated heterocycles. The highest BCUT2D eigenvalue weighted by molar-refractivity contribution is 5.73. The van der Waals surface area contributed by atoms with E-state index in [0.717, 1.165) is 12.8 Å². The Labute approximate surface area is 111 Å². The lowest BCUT2D eigenvalue weighted by molar-refractivity contribution is -0.172. The quantitative estimate of drug-likeness (QED) is 0.555. The number of carbonyl (C=O) groups is 1. The largest absolute Gasteiger partial charge is 0.438 e. The van der Waals surface area contributed by atoms with Crippen LogP contribution in [0.1, 0.15) is 60.3 Å². The molecule has 0 amide bonds. The van der Waals surface area contributed by atoms with Gasteiger partial charge in [0.05, 0.1) is 11.5 Å². The van der Waals surface area contributed by atoms with Crippen LogP contribution >= 0.6 is 0 Å². The molecule has 1 aliphatic carbocycles. The molecule has 0 aromatic carbocycles. The summed E-state index contributed by atoms with van der Waals surface area (Å²) in [5.41, 5.74) is -0.258. The summed E-state index contributed by atoms with van der Waals surface area (Å²) in [4.78, 5) is 12.1. The molecule has 0 heterocycles. The fourth-order valence-electron chi connectivity index (χ4n) is 2.68. The van der Waals surface area contributed by atoms with Gasteiger partial charge in [-0.3, -0.25) is 4.79 Å². The Morgan fingerprint density at radius 3 is 2.33 bits per heavy atom. The molecule has 0 aromatic rings. The zero-order valence-electron chi connectivity index (χ0n) is 12.5. The minimum absolute atomic E-state index is 0.0675. The predicted octanol–water partition coefficient (Wildman–Crippen LogP) is 3.76. The molecule has 0 N–H and O–H groups in total. The first-order chi connectivity index (χ1) is 8.37. The SMILES string of the molecule is CCC1CC(CC)C(C(=O)OCOC(C)(C)C)C1. The number of hydrogen-bond acceptors (Lipinski definition) is 3. The monoisotopic (exact) mass is 256 g/mol. The molecule has 0 radical (unpaired) electrons. The van der Waals surface area contributed by atoms with E-state index in [9.17, 15) is 4.79 Å². The third-order valence-corrected chi connectivity index (χ3v) is 3.89. The molecule has 3 nitrogen and oxygen atoms in total. The van der Waals surface area contributed by atoms with Gasteiger partial charge in [0.2, 0.25) is 0 Å². The van der Waals surface area contributed by atoms with Crippen molar-refractivity contribution in [3.05, 3.63) is 0 Å². The maximum atomic E-state index is 12.1. The summed E-state index contributed by atoms with van der Waals surface area (Å²) in [7, 11) is 0. The van der Waals surface area contributed by atoms with E-state index in [1.54, 1.807) is 0 Å². The van der Waals surface area contributed by atoms with Crippen molar-refractivity contribution in [1.82, 2.24) is 0 Å². The fourth-order valence-corrected chi connectivity index (χ4v) is 2.68. The van der Waals surface area contributed by atoms with Gasteiger partial charge in [-0.2, -0.15) is 0 Å². The Bertz CT molecular complexity index is 267. The van der Waals surface area contributed by atoms with Gasteiger partial charge in [-0.1, -0.05) is 26.7 Å². The van der Waals surface area contributed by atoms with Crippen LogP contribution in [-0.2, 0) is 14.3 Å². The first-order valence-electron chi connectivity index (χ1n) is 7.18. The highest BCUT2D eigenvalue weighted by Crippen LogP contribution is 2.40. The predicted molar refractivity (Wildman–Crippen MR) is 72.1 cm³/mol. The molecule has 3 atom stereocenters. The Balaban J connectivity index is 2.41. The zero-order valence-corrected chi connectivity index (χ0v) is 12.5. The van der Waals surface area contributed by atoms with Crippen LogP contribution in [0.4, 0.5) is 0 Å². The second-order valence-corrected chi connectivity index (χ2v) is 6.36. The van der Waals surface area contributed by atoms with Crippen molar-refractivity contribution in [2.24, 2.45) is 17.8 Å². The second-order valence-electron chi connectivity index (χ2n) is 6.36. The smallest absolute Gasteiger partial charge is 0.311 e. The standard InChI is InChI=1S/C15H28O3/c1-6-11-8-12(7-2)13(9-11)14(16)17-10-18-15(3,4)5/h11-13H,6-10H2,1-5H3. The van der Waals surface area contributed by atoms with Crippen molar-refractivity contribution in [3.8, 4) is 0 Å². The number of rotatable bonds is 5. The lowest BCUT2D eigenvalue weighted by Gasteiger charge is -2.21. The van der Waals surface area contributed by atoms with Crippen LogP contribution in [0.5, 0.6) is 0 Å². The average molecular weight is 256 g/mol. The van der Waals surface area contributed by atoms with E-state index in [1.807, 2.05) is 20.8 Å². The van der Waals surface area contributed by atoms with Crippen LogP contribution in [0.3, 0.4) is 0 Å². The maximum Gasteiger partial charge on any atom is 0.311 e. The number of carbonyl (C=O) groups excluding carboxylic acids is 1. The van der Waals surface area contributed by atoms with Gasteiger partial charge < -0.3 is 9.47 Å².